The van der Waals surface area contributed by atoms with Crippen LogP contribution in [0, 0.1) is 0 Å². The fraction of sp³-hybridized carbons (Fsp3) is 0. The third-order valence-corrected chi connectivity index (χ3v) is 2.09. The Bertz CT molecular complexity index is 439. The Morgan fingerprint density at radius 2 is 1.69 bits per heavy atom. The number of benzene rings is 1. The van der Waals surface area contributed by atoms with Crippen LogP contribution in [-0.2, 0) is 4.79 Å². The van der Waals surface area contributed by atoms with Gasteiger partial charge < -0.3 is 11.1 Å². The minimum atomic E-state index is -0.899. The Labute approximate surface area is 102 Å². The summed E-state index contributed by atoms with van der Waals surface area (Å²) < 4.78 is -0.378. The van der Waals surface area contributed by atoms with Crippen molar-refractivity contribution < 1.29 is 9.59 Å². The summed E-state index contributed by atoms with van der Waals surface area (Å²) in [6.45, 7) is 0. The molecule has 0 aliphatic rings. The van der Waals surface area contributed by atoms with Crippen LogP contribution < -0.4 is 11.1 Å². The number of amides is 2. The Balaban J connectivity index is 2.87. The lowest BCUT2D eigenvalue weighted by molar-refractivity contribution is -0.114. The normalized spacial score (nSPS) is 9.38. The molecule has 0 aliphatic heterocycles. The largest absolute Gasteiger partial charge is 0.364 e. The maximum absolute atomic E-state index is 11.6. The van der Waals surface area contributed by atoms with Crippen LogP contribution in [0.2, 0.25) is 0 Å². The summed E-state index contributed by atoms with van der Waals surface area (Å²) in [6, 6.07) is 8.29. The monoisotopic (exact) mass is 258 g/mol. The molecule has 4 nitrogen and oxygen atoms in total. The molecule has 0 bridgehead atoms. The third kappa shape index (κ3) is 3.25. The summed E-state index contributed by atoms with van der Waals surface area (Å²) >= 11 is 10.8. The number of rotatable bonds is 3. The van der Waals surface area contributed by atoms with Gasteiger partial charge in [-0.15, -0.1) is 0 Å². The zero-order valence-corrected chi connectivity index (χ0v) is 9.55. The van der Waals surface area contributed by atoms with E-state index in [1.165, 1.54) is 0 Å². The summed E-state index contributed by atoms with van der Waals surface area (Å²) in [7, 11) is 0. The first-order valence-corrected chi connectivity index (χ1v) is 4.99. The molecular formula is C10H8Cl2N2O2. The van der Waals surface area contributed by atoms with Gasteiger partial charge >= 0.3 is 0 Å². The van der Waals surface area contributed by atoms with E-state index in [0.717, 1.165) is 0 Å². The highest BCUT2D eigenvalue weighted by Gasteiger charge is 2.14. The van der Waals surface area contributed by atoms with Crippen molar-refractivity contribution in [1.29, 1.82) is 0 Å². The fourth-order valence-electron chi connectivity index (χ4n) is 0.977. The average Bonchev–Trinajstić information content (AvgIpc) is 2.25. The van der Waals surface area contributed by atoms with Crippen molar-refractivity contribution >= 4 is 35.0 Å². The molecule has 0 aromatic heterocycles. The second-order valence-electron chi connectivity index (χ2n) is 2.82. The van der Waals surface area contributed by atoms with E-state index in [4.69, 9.17) is 28.9 Å². The van der Waals surface area contributed by atoms with Gasteiger partial charge in [-0.1, -0.05) is 41.4 Å². The molecule has 0 saturated carbocycles. The molecule has 0 aliphatic carbocycles. The minimum Gasteiger partial charge on any atom is -0.364 e. The van der Waals surface area contributed by atoms with Crippen LogP contribution in [0.25, 0.3) is 0 Å². The van der Waals surface area contributed by atoms with Crippen molar-refractivity contribution in [2.75, 3.05) is 0 Å². The fourth-order valence-corrected chi connectivity index (χ4v) is 1.26. The number of primary amides is 1. The first-order chi connectivity index (χ1) is 7.52. The second kappa shape index (κ2) is 5.53. The van der Waals surface area contributed by atoms with Crippen molar-refractivity contribution in [1.82, 2.24) is 5.32 Å². The molecule has 1 aromatic rings. The molecule has 3 N–H and O–H groups in total. The van der Waals surface area contributed by atoms with Crippen molar-refractivity contribution in [3.05, 3.63) is 46.1 Å². The lowest BCUT2D eigenvalue weighted by atomic mass is 10.2. The molecule has 84 valence electrons. The van der Waals surface area contributed by atoms with Crippen LogP contribution in [0.4, 0.5) is 0 Å². The van der Waals surface area contributed by atoms with Crippen LogP contribution in [0.3, 0.4) is 0 Å². The van der Waals surface area contributed by atoms with Crippen LogP contribution in [0.1, 0.15) is 10.4 Å². The lowest BCUT2D eigenvalue weighted by Gasteiger charge is -2.06. The van der Waals surface area contributed by atoms with Gasteiger partial charge in [-0.25, -0.2) is 0 Å². The molecule has 0 heterocycles. The number of nitrogens with one attached hydrogen (secondary N) is 1. The van der Waals surface area contributed by atoms with Gasteiger partial charge in [0.25, 0.3) is 11.8 Å². The second-order valence-corrected chi connectivity index (χ2v) is 3.77. The van der Waals surface area contributed by atoms with Crippen molar-refractivity contribution in [3.8, 4) is 0 Å². The molecule has 0 radical (unpaired) electrons. The highest BCUT2D eigenvalue weighted by atomic mass is 35.5. The Hall–Kier alpha value is -1.52. The molecule has 0 spiro atoms. The molecule has 1 rings (SSSR count). The summed E-state index contributed by atoms with van der Waals surface area (Å²) in [5, 5.41) is 2.23. The highest BCUT2D eigenvalue weighted by Crippen LogP contribution is 2.12. The molecule has 0 fully saturated rings. The number of carbonyl (C=O) groups excluding carboxylic acids is 2. The van der Waals surface area contributed by atoms with E-state index in [1.807, 2.05) is 0 Å². The van der Waals surface area contributed by atoms with E-state index < -0.39 is 11.8 Å². The highest BCUT2D eigenvalue weighted by molar-refractivity contribution is 6.57. The van der Waals surface area contributed by atoms with Gasteiger partial charge in [0.2, 0.25) is 0 Å². The molecule has 0 saturated heterocycles. The molecule has 16 heavy (non-hydrogen) atoms. The lowest BCUT2D eigenvalue weighted by Crippen LogP contribution is -2.31. The summed E-state index contributed by atoms with van der Waals surface area (Å²) in [5.41, 5.74) is 5.03. The first-order valence-electron chi connectivity index (χ1n) is 4.24. The zero-order valence-electron chi connectivity index (χ0n) is 8.04. The minimum absolute atomic E-state index is 0.322. The van der Waals surface area contributed by atoms with Gasteiger partial charge in [-0.2, -0.15) is 0 Å². The van der Waals surface area contributed by atoms with E-state index >= 15 is 0 Å². The van der Waals surface area contributed by atoms with Gasteiger partial charge in [0.1, 0.15) is 10.2 Å². The zero-order chi connectivity index (χ0) is 12.1. The van der Waals surface area contributed by atoms with E-state index in [9.17, 15) is 9.59 Å². The van der Waals surface area contributed by atoms with Gasteiger partial charge in [0.05, 0.1) is 0 Å². The molecule has 0 unspecified atom stereocenters. The Morgan fingerprint density at radius 3 is 2.12 bits per heavy atom. The van der Waals surface area contributed by atoms with E-state index in [2.05, 4.69) is 5.32 Å². The van der Waals surface area contributed by atoms with E-state index in [0.29, 0.717) is 5.56 Å². The van der Waals surface area contributed by atoms with E-state index in [1.54, 1.807) is 30.3 Å². The molecule has 0 atom stereocenters. The average molecular weight is 259 g/mol. The third-order valence-electron chi connectivity index (χ3n) is 1.71. The molecule has 6 heteroatoms. The summed E-state index contributed by atoms with van der Waals surface area (Å²) in [6.07, 6.45) is 0. The summed E-state index contributed by atoms with van der Waals surface area (Å²) in [4.78, 5) is 22.5. The summed E-state index contributed by atoms with van der Waals surface area (Å²) in [5.74, 6) is -1.41. The quantitative estimate of drug-likeness (QED) is 0.808. The van der Waals surface area contributed by atoms with Crippen LogP contribution in [-0.4, -0.2) is 11.8 Å². The van der Waals surface area contributed by atoms with Gasteiger partial charge in [-0.05, 0) is 12.1 Å². The maximum Gasteiger partial charge on any atom is 0.267 e. The van der Waals surface area contributed by atoms with Crippen molar-refractivity contribution in [2.45, 2.75) is 0 Å². The standard InChI is InChI=1S/C10H8Cl2N2O2/c11-8(12)7(9(13)15)14-10(16)6-4-2-1-3-5-6/h1-5H,(H2,13,15)(H,14,16). The van der Waals surface area contributed by atoms with Gasteiger partial charge in [-0.3, -0.25) is 9.59 Å². The van der Waals surface area contributed by atoms with Crippen LogP contribution in [0.15, 0.2) is 40.5 Å². The molecule has 1 aromatic carbocycles. The number of halogens is 2. The van der Waals surface area contributed by atoms with Crippen molar-refractivity contribution in [2.24, 2.45) is 5.73 Å². The van der Waals surface area contributed by atoms with Crippen molar-refractivity contribution in [3.63, 3.8) is 0 Å². The topological polar surface area (TPSA) is 72.2 Å². The van der Waals surface area contributed by atoms with Crippen LogP contribution in [0.5, 0.6) is 0 Å². The predicted octanol–water partition coefficient (Wildman–Crippen LogP) is 1.55. The SMILES string of the molecule is NC(=O)C(NC(=O)c1ccccc1)=C(Cl)Cl. The molecular weight excluding hydrogens is 251 g/mol. The van der Waals surface area contributed by atoms with Crippen LogP contribution >= 0.6 is 23.2 Å². The first kappa shape index (κ1) is 12.5. The maximum atomic E-state index is 11.6. The van der Waals surface area contributed by atoms with Gasteiger partial charge in [0.15, 0.2) is 0 Å². The smallest absolute Gasteiger partial charge is 0.267 e. The molecule has 2 amide bonds. The number of hydrogen-bond donors (Lipinski definition) is 2. The Morgan fingerprint density at radius 1 is 1.12 bits per heavy atom. The predicted molar refractivity (Wildman–Crippen MR) is 61.8 cm³/mol. The Kier molecular flexibility index (Phi) is 4.34. The van der Waals surface area contributed by atoms with E-state index in [-0.39, 0.29) is 10.2 Å². The number of nitrogens with two attached hydrogens (primary N) is 1. The number of carbonyl (C=O) groups is 2. The number of hydrogen-bond acceptors (Lipinski definition) is 2. The van der Waals surface area contributed by atoms with Gasteiger partial charge in [0, 0.05) is 5.56 Å².